The van der Waals surface area contributed by atoms with Gasteiger partial charge < -0.3 is 0 Å². The van der Waals surface area contributed by atoms with Crippen molar-refractivity contribution in [2.45, 2.75) is 91.9 Å². The quantitative estimate of drug-likeness (QED) is 0.0596. The first-order chi connectivity index (χ1) is 28.3. The van der Waals surface area contributed by atoms with E-state index in [4.69, 9.17) is 0 Å². The summed E-state index contributed by atoms with van der Waals surface area (Å²) in [5, 5.41) is 5.46. The second-order valence-electron chi connectivity index (χ2n) is 17.0. The summed E-state index contributed by atoms with van der Waals surface area (Å²) >= 11 is -5.25. The molecule has 2 aliphatic carbocycles. The first-order valence-electron chi connectivity index (χ1n) is 20.7. The van der Waals surface area contributed by atoms with Gasteiger partial charge in [-0.15, -0.1) is 0 Å². The molecule has 0 bridgehead atoms. The molecule has 0 atom stereocenters. The van der Waals surface area contributed by atoms with Gasteiger partial charge in [-0.1, -0.05) is 36.4 Å². The number of unbranched alkanes of at least 4 members (excludes halogenated alkanes) is 2. The van der Waals surface area contributed by atoms with Gasteiger partial charge in [0.2, 0.25) is 0 Å². The zero-order chi connectivity index (χ0) is 42.2. The fourth-order valence-electron chi connectivity index (χ4n) is 8.30. The Morgan fingerprint density at radius 1 is 0.559 bits per heavy atom. The summed E-state index contributed by atoms with van der Waals surface area (Å²) in [4.78, 5) is 27.6. The van der Waals surface area contributed by atoms with Gasteiger partial charge in [0.25, 0.3) is 0 Å². The van der Waals surface area contributed by atoms with Crippen molar-refractivity contribution in [2.75, 3.05) is 10.6 Å². The Morgan fingerprint density at radius 2 is 0.949 bits per heavy atom. The van der Waals surface area contributed by atoms with Gasteiger partial charge in [-0.3, -0.25) is 0 Å². The van der Waals surface area contributed by atoms with Crippen LogP contribution in [0.5, 0.6) is 0 Å². The van der Waals surface area contributed by atoms with E-state index in [0.29, 0.717) is 20.6 Å². The summed E-state index contributed by atoms with van der Waals surface area (Å²) in [6.07, 6.45) is 17.0. The van der Waals surface area contributed by atoms with Crippen LogP contribution >= 0.6 is 0 Å². The van der Waals surface area contributed by atoms with Crippen molar-refractivity contribution in [3.63, 3.8) is 0 Å². The van der Waals surface area contributed by atoms with E-state index in [-0.39, 0.29) is 24.2 Å². The van der Waals surface area contributed by atoms with Crippen LogP contribution in [0.3, 0.4) is 0 Å². The number of benzene rings is 4. The number of hydrogen-bond donors (Lipinski definition) is 2. The van der Waals surface area contributed by atoms with Crippen molar-refractivity contribution in [3.05, 3.63) is 164 Å². The topological polar surface area (TPSA) is 58.2 Å². The second-order valence-corrected chi connectivity index (χ2v) is 22.9. The monoisotopic (exact) mass is 838 g/mol. The Balaban J connectivity index is 1.32. The summed E-state index contributed by atoms with van der Waals surface area (Å²) < 4.78 is 68.5. The van der Waals surface area contributed by atoms with E-state index in [0.717, 1.165) is 50.7 Å². The fraction of sp³-hybridized carbons (Fsp3) is 0.320. The Kier molecular flexibility index (Phi) is 14.2. The number of rotatable bonds is 18. The standard InChI is InChI=1S/2C20H22F2NO.2C5H5.Ti/c2*1-20(2,13-7-6-10-15-8-4-3-5-9-15)19(24)23-18-12-11-16(21)14-17(18)22;2*1-2-4-5-3-1;/h2*3-5,8-9,11-12H,6-7,10,13H2,1-2H3,(H,23,24);2*1-3H,4H2;. The molecule has 308 valence electrons. The number of nitrogens with one attached hydrogen (secondary N) is 2. The number of aryl methyl sites for hydroxylation is 2. The molecule has 59 heavy (non-hydrogen) atoms. The molecule has 0 radical (unpaired) electrons. The minimum atomic E-state index is -5.25. The van der Waals surface area contributed by atoms with Gasteiger partial charge in [-0.05, 0) is 0 Å². The Morgan fingerprint density at radius 3 is 1.31 bits per heavy atom. The van der Waals surface area contributed by atoms with Crippen LogP contribution < -0.4 is 18.4 Å². The molecule has 2 aliphatic rings. The van der Waals surface area contributed by atoms with E-state index in [1.54, 1.807) is 52.0 Å². The van der Waals surface area contributed by atoms with Crippen LogP contribution in [0.1, 0.15) is 90.2 Å². The Labute approximate surface area is 350 Å². The van der Waals surface area contributed by atoms with E-state index < -0.39 is 70.2 Å². The average molecular weight is 839 g/mol. The Hall–Kier alpha value is -4.79. The summed E-state index contributed by atoms with van der Waals surface area (Å²) in [7, 11) is 0. The third-order valence-electron chi connectivity index (χ3n) is 11.9. The molecule has 0 saturated heterocycles. The van der Waals surface area contributed by atoms with Crippen molar-refractivity contribution in [2.24, 2.45) is 10.8 Å². The zero-order valence-corrected chi connectivity index (χ0v) is 36.0. The van der Waals surface area contributed by atoms with E-state index in [9.17, 15) is 9.59 Å². The number of amides is 2. The number of anilines is 2. The molecule has 2 amide bonds. The van der Waals surface area contributed by atoms with Gasteiger partial charge in [-0.25, -0.2) is 0 Å². The van der Waals surface area contributed by atoms with Crippen molar-refractivity contribution in [1.82, 2.24) is 0 Å². The summed E-state index contributed by atoms with van der Waals surface area (Å²) in [6.45, 7) is 7.15. The molecule has 0 saturated carbocycles. The molecule has 4 aromatic carbocycles. The molecule has 0 fully saturated rings. The number of carbonyl (C=O) groups excluding carboxylic acids is 2. The van der Waals surface area contributed by atoms with E-state index in [2.05, 4.69) is 34.9 Å². The van der Waals surface area contributed by atoms with Crippen LogP contribution in [0.25, 0.3) is 0 Å². The number of carbonyl (C=O) groups is 2. The molecule has 0 heterocycles. The van der Waals surface area contributed by atoms with Gasteiger partial charge in [-0.2, -0.15) is 0 Å². The first-order valence-corrected chi connectivity index (χ1v) is 23.8. The third kappa shape index (κ3) is 9.82. The van der Waals surface area contributed by atoms with Gasteiger partial charge in [0.15, 0.2) is 0 Å². The second kappa shape index (κ2) is 19.1. The van der Waals surface area contributed by atoms with Crippen molar-refractivity contribution in [3.8, 4) is 0 Å². The van der Waals surface area contributed by atoms with Crippen LogP contribution in [0.2, 0.25) is 0 Å². The summed E-state index contributed by atoms with van der Waals surface area (Å²) in [5.74, 6) is -4.90. The molecule has 0 unspecified atom stereocenters. The Bertz CT molecular complexity index is 2120. The van der Waals surface area contributed by atoms with Crippen LogP contribution in [0.15, 0.2) is 129 Å². The predicted molar refractivity (Wildman–Crippen MR) is 228 cm³/mol. The fourth-order valence-corrected chi connectivity index (χ4v) is 16.6. The maximum absolute atomic E-state index is 17.4. The molecule has 0 spiro atoms. The molecular formula is C50H54F4N2O2Ti. The number of hydrogen-bond acceptors (Lipinski definition) is 2. The van der Waals surface area contributed by atoms with E-state index in [1.807, 2.05) is 48.6 Å². The minimum absolute atomic E-state index is 0.230. The average Bonchev–Trinajstić information content (AvgIpc) is 3.97. The number of halogens is 4. The number of allylic oxidation sites excluding steroid dienone is 8. The van der Waals surface area contributed by atoms with Crippen molar-refractivity contribution < 1.29 is 43.7 Å². The van der Waals surface area contributed by atoms with Crippen LogP contribution in [0, 0.1) is 34.1 Å². The van der Waals surface area contributed by atoms with Crippen LogP contribution in [-0.2, 0) is 39.0 Å². The van der Waals surface area contributed by atoms with E-state index >= 15 is 17.6 Å². The van der Waals surface area contributed by atoms with Gasteiger partial charge in [0, 0.05) is 0 Å². The molecule has 0 aliphatic heterocycles. The van der Waals surface area contributed by atoms with E-state index in [1.165, 1.54) is 23.3 Å². The molecule has 9 heteroatoms. The zero-order valence-electron chi connectivity index (χ0n) is 34.4. The molecule has 0 aromatic heterocycles. The van der Waals surface area contributed by atoms with Gasteiger partial charge in [0.1, 0.15) is 0 Å². The summed E-state index contributed by atoms with van der Waals surface area (Å²) in [5.41, 5.74) is 0.116. The molecular weight excluding hydrogens is 784 g/mol. The van der Waals surface area contributed by atoms with Crippen LogP contribution in [0.4, 0.5) is 28.9 Å². The molecule has 4 aromatic rings. The first kappa shape index (κ1) is 43.8. The van der Waals surface area contributed by atoms with Gasteiger partial charge >= 0.3 is 315 Å². The molecule has 4 nitrogen and oxygen atoms in total. The molecule has 6 rings (SSSR count). The summed E-state index contributed by atoms with van der Waals surface area (Å²) in [6, 6.07) is 24.7. The third-order valence-corrected chi connectivity index (χ3v) is 19.8. The predicted octanol–water partition coefficient (Wildman–Crippen LogP) is 11.8. The molecule has 2 N–H and O–H groups in total. The van der Waals surface area contributed by atoms with Crippen LogP contribution in [-0.4, -0.2) is 11.8 Å². The van der Waals surface area contributed by atoms with Gasteiger partial charge in [0.05, 0.1) is 0 Å². The van der Waals surface area contributed by atoms with Crippen molar-refractivity contribution >= 4 is 30.9 Å². The maximum atomic E-state index is 17.4. The SMILES string of the molecule is CC(C)(CCCCc1ccccc1)C(=O)Nc1ccc(F)[c]([Ti]([C]2=CC=CC2)([C]2=CC=CC2)[c]2c(F)ccc(NC(=O)C(C)(C)CCCCc3ccccc3)c2F)c1F. The van der Waals surface area contributed by atoms with Crippen molar-refractivity contribution in [1.29, 1.82) is 0 Å². The normalized spacial score (nSPS) is 14.0.